The molecule has 0 saturated heterocycles. The molecule has 0 amide bonds. The zero-order valence-electron chi connectivity index (χ0n) is 12.3. The minimum Gasteiger partial charge on any atom is -0.465 e. The molecule has 0 heterocycles. The van der Waals surface area contributed by atoms with Gasteiger partial charge in [0, 0.05) is 13.6 Å². The van der Waals surface area contributed by atoms with Crippen LogP contribution in [0.15, 0.2) is 58.5 Å². The maximum atomic E-state index is 12.5. The quantitative estimate of drug-likeness (QED) is 0.457. The van der Waals surface area contributed by atoms with Crippen LogP contribution in [-0.4, -0.2) is 40.0 Å². The summed E-state index contributed by atoms with van der Waals surface area (Å²) in [7, 11) is -0.908. The van der Waals surface area contributed by atoms with Crippen LogP contribution in [0, 0.1) is 0 Å². The minimum absolute atomic E-state index is 0.0545. The second-order valence-corrected chi connectivity index (χ2v) is 6.17. The van der Waals surface area contributed by atoms with E-state index < -0.39 is 20.7 Å². The fourth-order valence-electron chi connectivity index (χ4n) is 1.48. The third-order valence-corrected chi connectivity index (χ3v) is 4.59. The number of sulfone groups is 1. The van der Waals surface area contributed by atoms with Crippen LogP contribution in [0.25, 0.3) is 0 Å². The number of hydrogen-bond acceptors (Lipinski definition) is 5. The molecule has 0 unspecified atom stereocenters. The van der Waals surface area contributed by atoms with E-state index in [1.54, 1.807) is 24.4 Å². The monoisotopic (exact) mass is 309 g/mol. The van der Waals surface area contributed by atoms with Gasteiger partial charge in [0.1, 0.15) is 0 Å². The third kappa shape index (κ3) is 4.46. The predicted octanol–water partition coefficient (Wildman–Crippen LogP) is 1.98. The maximum Gasteiger partial charge on any atom is 0.349 e. The molecule has 0 spiro atoms. The summed E-state index contributed by atoms with van der Waals surface area (Å²) in [5.41, 5.74) is 0. The summed E-state index contributed by atoms with van der Waals surface area (Å²) in [4.78, 5) is 13.3. The lowest BCUT2D eigenvalue weighted by Gasteiger charge is -2.09. The van der Waals surface area contributed by atoms with Crippen LogP contribution in [0.4, 0.5) is 0 Å². The summed E-state index contributed by atoms with van der Waals surface area (Å²) in [6, 6.07) is 7.78. The highest BCUT2D eigenvalue weighted by molar-refractivity contribution is 7.96. The van der Waals surface area contributed by atoms with E-state index in [2.05, 4.69) is 4.74 Å². The van der Waals surface area contributed by atoms with Gasteiger partial charge in [0.05, 0.1) is 12.0 Å². The molecule has 1 rings (SSSR count). The lowest BCUT2D eigenvalue weighted by atomic mass is 10.4. The van der Waals surface area contributed by atoms with Crippen molar-refractivity contribution >= 4 is 15.8 Å². The molecule has 0 saturated carbocycles. The Balaban J connectivity index is 3.23. The molecule has 1 aromatic carbocycles. The lowest BCUT2D eigenvalue weighted by molar-refractivity contribution is -0.135. The van der Waals surface area contributed by atoms with Crippen molar-refractivity contribution in [2.45, 2.75) is 11.8 Å². The highest BCUT2D eigenvalue weighted by Gasteiger charge is 2.27. The summed E-state index contributed by atoms with van der Waals surface area (Å²) in [5.74, 6) is -0.886. The summed E-state index contributed by atoms with van der Waals surface area (Å²) in [5, 5.41) is 0. The Bertz CT molecular complexity index is 633. The normalized spacial score (nSPS) is 12.4. The molecule has 0 aliphatic carbocycles. The van der Waals surface area contributed by atoms with Gasteiger partial charge in [0.15, 0.2) is 4.91 Å². The van der Waals surface area contributed by atoms with E-state index in [0.717, 1.165) is 13.7 Å². The van der Waals surface area contributed by atoms with E-state index in [1.165, 1.54) is 24.3 Å². The van der Waals surface area contributed by atoms with Crippen LogP contribution in [0.3, 0.4) is 0 Å². The molecule has 21 heavy (non-hydrogen) atoms. The Hall–Kier alpha value is -2.08. The number of benzene rings is 1. The van der Waals surface area contributed by atoms with Gasteiger partial charge >= 0.3 is 5.97 Å². The van der Waals surface area contributed by atoms with Gasteiger partial charge in [0.25, 0.3) is 0 Å². The fourth-order valence-corrected chi connectivity index (χ4v) is 2.81. The molecule has 0 aromatic heterocycles. The van der Waals surface area contributed by atoms with Crippen LogP contribution < -0.4 is 0 Å². The topological polar surface area (TPSA) is 63.7 Å². The molecule has 0 N–H and O–H groups in total. The average Bonchev–Trinajstić information content (AvgIpc) is 2.51. The highest BCUT2D eigenvalue weighted by atomic mass is 32.2. The highest BCUT2D eigenvalue weighted by Crippen LogP contribution is 2.20. The number of carbonyl (C=O) groups is 1. The lowest BCUT2D eigenvalue weighted by Crippen LogP contribution is -2.15. The van der Waals surface area contributed by atoms with Crippen LogP contribution in [-0.2, 0) is 19.4 Å². The molecular weight excluding hydrogens is 290 g/mol. The van der Waals surface area contributed by atoms with Crippen molar-refractivity contribution < 1.29 is 17.9 Å². The summed E-state index contributed by atoms with van der Waals surface area (Å²) in [6.45, 7) is 2.72. The zero-order valence-corrected chi connectivity index (χ0v) is 13.1. The van der Waals surface area contributed by atoms with Gasteiger partial charge in [-0.05, 0) is 37.4 Å². The van der Waals surface area contributed by atoms with Crippen molar-refractivity contribution in [2.75, 3.05) is 20.7 Å². The van der Waals surface area contributed by atoms with Crippen molar-refractivity contribution in [3.8, 4) is 0 Å². The second-order valence-electron chi connectivity index (χ2n) is 4.25. The van der Waals surface area contributed by atoms with E-state index in [9.17, 15) is 13.2 Å². The van der Waals surface area contributed by atoms with Crippen LogP contribution in [0.5, 0.6) is 0 Å². The number of methoxy groups -OCH3 is 1. The summed E-state index contributed by atoms with van der Waals surface area (Å²) >= 11 is 0. The number of esters is 1. The molecule has 0 bridgehead atoms. The molecule has 0 aliphatic heterocycles. The first-order valence-electron chi connectivity index (χ1n) is 6.40. The summed E-state index contributed by atoms with van der Waals surface area (Å²) in [6.07, 6.45) is 4.44. The van der Waals surface area contributed by atoms with Gasteiger partial charge in [-0.25, -0.2) is 13.2 Å². The third-order valence-electron chi connectivity index (χ3n) is 2.82. The first kappa shape index (κ1) is 17.0. The predicted molar refractivity (Wildman–Crippen MR) is 81.2 cm³/mol. The van der Waals surface area contributed by atoms with E-state index in [0.29, 0.717) is 0 Å². The van der Waals surface area contributed by atoms with Crippen molar-refractivity contribution in [1.82, 2.24) is 4.90 Å². The second kappa shape index (κ2) is 7.64. The largest absolute Gasteiger partial charge is 0.465 e. The number of carbonyl (C=O) groups excluding carboxylic acids is 1. The number of ether oxygens (including phenoxy) is 1. The molecule has 5 nitrogen and oxygen atoms in total. The number of nitrogens with zero attached hydrogens (tertiary/aromatic N) is 1. The molecule has 114 valence electrons. The number of rotatable bonds is 6. The number of allylic oxidation sites excluding steroid dienone is 2. The Morgan fingerprint density at radius 1 is 1.29 bits per heavy atom. The Morgan fingerprint density at radius 3 is 2.43 bits per heavy atom. The van der Waals surface area contributed by atoms with Crippen LogP contribution in [0.1, 0.15) is 6.92 Å². The van der Waals surface area contributed by atoms with Gasteiger partial charge < -0.3 is 9.64 Å². The van der Waals surface area contributed by atoms with Crippen molar-refractivity contribution in [2.24, 2.45) is 0 Å². The van der Waals surface area contributed by atoms with E-state index >= 15 is 0 Å². The fraction of sp³-hybridized carbons (Fsp3) is 0.267. The average molecular weight is 309 g/mol. The van der Waals surface area contributed by atoms with Crippen molar-refractivity contribution in [1.29, 1.82) is 0 Å². The SMILES string of the molecule is CCN(C)C=CC=C(C(=O)OC)S(=O)(=O)c1ccccc1. The molecule has 0 aliphatic rings. The van der Waals surface area contributed by atoms with Crippen LogP contribution >= 0.6 is 0 Å². The summed E-state index contributed by atoms with van der Waals surface area (Å²) < 4.78 is 29.5. The standard InChI is InChI=1S/C15H19NO4S/c1-4-16(2)12-8-11-14(15(17)20-3)21(18,19)13-9-6-5-7-10-13/h5-12H,4H2,1-3H3. The number of hydrogen-bond donors (Lipinski definition) is 0. The minimum atomic E-state index is -3.90. The Morgan fingerprint density at radius 2 is 1.90 bits per heavy atom. The zero-order chi connectivity index (χ0) is 15.9. The Labute approximate surface area is 125 Å². The molecule has 0 fully saturated rings. The van der Waals surface area contributed by atoms with Gasteiger partial charge in [-0.1, -0.05) is 18.2 Å². The molecule has 1 aromatic rings. The maximum absolute atomic E-state index is 12.5. The van der Waals surface area contributed by atoms with Crippen molar-refractivity contribution in [3.63, 3.8) is 0 Å². The first-order chi connectivity index (χ1) is 9.93. The van der Waals surface area contributed by atoms with Gasteiger partial charge in [-0.15, -0.1) is 0 Å². The molecule has 0 radical (unpaired) electrons. The molecular formula is C15H19NO4S. The van der Waals surface area contributed by atoms with Gasteiger partial charge in [-0.2, -0.15) is 0 Å². The van der Waals surface area contributed by atoms with E-state index in [4.69, 9.17) is 0 Å². The first-order valence-corrected chi connectivity index (χ1v) is 7.89. The van der Waals surface area contributed by atoms with Gasteiger partial charge in [-0.3, -0.25) is 0 Å². The smallest absolute Gasteiger partial charge is 0.349 e. The molecule has 0 atom stereocenters. The van der Waals surface area contributed by atoms with Crippen LogP contribution in [0.2, 0.25) is 0 Å². The van der Waals surface area contributed by atoms with Gasteiger partial charge in [0.2, 0.25) is 9.84 Å². The van der Waals surface area contributed by atoms with E-state index in [1.807, 2.05) is 18.9 Å². The van der Waals surface area contributed by atoms with E-state index in [-0.39, 0.29) is 4.90 Å². The molecule has 6 heteroatoms. The van der Waals surface area contributed by atoms with Crippen molar-refractivity contribution in [3.05, 3.63) is 53.6 Å². The Kier molecular flexibility index (Phi) is 6.17.